The number of rotatable bonds is 10. The Labute approximate surface area is 265 Å². The Morgan fingerprint density at radius 1 is 1.17 bits per heavy atom. The van der Waals surface area contributed by atoms with Crippen molar-refractivity contribution < 1.29 is 18.4 Å². The van der Waals surface area contributed by atoms with E-state index in [1.807, 2.05) is 25.7 Å². The van der Waals surface area contributed by atoms with Crippen LogP contribution in [0.1, 0.15) is 37.9 Å². The van der Waals surface area contributed by atoms with Crippen molar-refractivity contribution in [3.8, 4) is 16.9 Å². The van der Waals surface area contributed by atoms with Gasteiger partial charge in [0.1, 0.15) is 17.3 Å². The first-order chi connectivity index (χ1) is 22.1. The molecule has 1 aromatic carbocycles. The molecule has 2 amide bonds. The summed E-state index contributed by atoms with van der Waals surface area (Å²) in [7, 11) is 1.59. The van der Waals surface area contributed by atoms with E-state index in [0.29, 0.717) is 55.1 Å². The number of hydrogen-bond donors (Lipinski definition) is 2. The van der Waals surface area contributed by atoms with Gasteiger partial charge in [-0.2, -0.15) is 4.98 Å². The number of amides is 2. The fraction of sp³-hybridized carbons (Fsp3) is 0.333. The Hall–Kier alpha value is -5.20. The van der Waals surface area contributed by atoms with Gasteiger partial charge in [0.15, 0.2) is 11.5 Å². The van der Waals surface area contributed by atoms with Gasteiger partial charge >= 0.3 is 5.69 Å². The standard InChI is InChI=1S/C33H36F2N8O3/c1-6-26(45)41-14-15-42(20(4)17-41)31-22-16-24(35)29(27-23(34)8-7-9-25(27)36-5)39-32(22)43(33(46)40-31)30-21(10-12-37-18-44)11-13-38-28(30)19(2)3/h6-9,11,13,16,18-20,36H,1,10,12,14-15,17H2,2-5H3,(H,37,44). The number of aromatic nitrogens is 4. The number of benzene rings is 1. The third-order valence-corrected chi connectivity index (χ3v) is 8.14. The third kappa shape index (κ3) is 5.92. The number of nitrogens with zero attached hydrogens (tertiary/aromatic N) is 6. The summed E-state index contributed by atoms with van der Waals surface area (Å²) in [5.74, 6) is -1.65. The number of nitrogens with one attached hydrogen (secondary N) is 2. The summed E-state index contributed by atoms with van der Waals surface area (Å²) in [6, 6.07) is 7.02. The average Bonchev–Trinajstić information content (AvgIpc) is 3.04. The molecule has 1 fully saturated rings. The molecule has 240 valence electrons. The van der Waals surface area contributed by atoms with E-state index < -0.39 is 17.3 Å². The highest BCUT2D eigenvalue weighted by Crippen LogP contribution is 2.36. The second-order valence-electron chi connectivity index (χ2n) is 11.4. The Balaban J connectivity index is 1.84. The molecule has 1 atom stereocenters. The van der Waals surface area contributed by atoms with Crippen LogP contribution in [0.5, 0.6) is 0 Å². The SMILES string of the molecule is C=CC(=O)N1CCN(c2nc(=O)n(-c3c(CCNC=O)ccnc3C(C)C)c3nc(-c4c(F)cccc4NC)c(F)cc23)C(C)C1. The van der Waals surface area contributed by atoms with E-state index in [4.69, 9.17) is 4.98 Å². The van der Waals surface area contributed by atoms with E-state index in [1.54, 1.807) is 30.3 Å². The van der Waals surface area contributed by atoms with E-state index >= 15 is 8.78 Å². The quantitative estimate of drug-likeness (QED) is 0.154. The molecule has 3 aromatic heterocycles. The number of carbonyl (C=O) groups is 2. The van der Waals surface area contributed by atoms with Crippen molar-refractivity contribution in [3.05, 3.63) is 82.6 Å². The Bertz CT molecular complexity index is 1880. The Kier molecular flexibility index (Phi) is 9.40. The Morgan fingerprint density at radius 2 is 1.96 bits per heavy atom. The average molecular weight is 631 g/mol. The van der Waals surface area contributed by atoms with Crippen LogP contribution in [0, 0.1) is 11.6 Å². The van der Waals surface area contributed by atoms with Crippen molar-refractivity contribution in [3.63, 3.8) is 0 Å². The minimum atomic E-state index is -0.804. The second kappa shape index (κ2) is 13.4. The first kappa shape index (κ1) is 32.2. The molecule has 0 bridgehead atoms. The van der Waals surface area contributed by atoms with Crippen molar-refractivity contribution in [1.29, 1.82) is 0 Å². The zero-order chi connectivity index (χ0) is 33.1. The molecule has 46 heavy (non-hydrogen) atoms. The molecule has 0 spiro atoms. The maximum Gasteiger partial charge on any atom is 0.355 e. The van der Waals surface area contributed by atoms with Crippen LogP contribution in [0.2, 0.25) is 0 Å². The number of carbonyl (C=O) groups excluding carboxylic acids is 2. The van der Waals surface area contributed by atoms with E-state index in [2.05, 4.69) is 27.2 Å². The van der Waals surface area contributed by atoms with E-state index in [1.165, 1.54) is 28.8 Å². The molecule has 1 aliphatic heterocycles. The molecule has 4 aromatic rings. The van der Waals surface area contributed by atoms with Gasteiger partial charge in [-0.15, -0.1) is 0 Å². The first-order valence-electron chi connectivity index (χ1n) is 15.0. The van der Waals surface area contributed by atoms with E-state index in [0.717, 1.165) is 0 Å². The molecule has 0 radical (unpaired) electrons. The summed E-state index contributed by atoms with van der Waals surface area (Å²) in [5, 5.41) is 5.77. The molecule has 1 unspecified atom stereocenters. The van der Waals surface area contributed by atoms with Gasteiger partial charge < -0.3 is 20.4 Å². The minimum Gasteiger partial charge on any atom is -0.387 e. The van der Waals surface area contributed by atoms with Gasteiger partial charge in [0.25, 0.3) is 0 Å². The first-order valence-corrected chi connectivity index (χ1v) is 15.0. The van der Waals surface area contributed by atoms with Crippen molar-refractivity contribution >= 4 is 34.9 Å². The molecule has 13 heteroatoms. The highest BCUT2D eigenvalue weighted by atomic mass is 19.1. The highest BCUT2D eigenvalue weighted by molar-refractivity contribution is 5.92. The van der Waals surface area contributed by atoms with Crippen LogP contribution >= 0.6 is 0 Å². The summed E-state index contributed by atoms with van der Waals surface area (Å²) < 4.78 is 32.8. The summed E-state index contributed by atoms with van der Waals surface area (Å²) in [6.45, 7) is 10.6. The highest BCUT2D eigenvalue weighted by Gasteiger charge is 2.31. The van der Waals surface area contributed by atoms with Crippen LogP contribution in [-0.2, 0) is 16.0 Å². The fourth-order valence-corrected chi connectivity index (χ4v) is 5.94. The molecule has 11 nitrogen and oxygen atoms in total. The number of piperazine rings is 1. The molecule has 4 heterocycles. The molecule has 0 aliphatic carbocycles. The van der Waals surface area contributed by atoms with Crippen LogP contribution in [0.25, 0.3) is 28.0 Å². The molecule has 5 rings (SSSR count). The van der Waals surface area contributed by atoms with Gasteiger partial charge in [-0.1, -0.05) is 26.5 Å². The van der Waals surface area contributed by atoms with Gasteiger partial charge in [-0.3, -0.25) is 14.6 Å². The monoisotopic (exact) mass is 630 g/mol. The summed E-state index contributed by atoms with van der Waals surface area (Å²) in [4.78, 5) is 54.9. The van der Waals surface area contributed by atoms with Gasteiger partial charge in [-0.25, -0.2) is 23.1 Å². The Morgan fingerprint density at radius 3 is 2.63 bits per heavy atom. The molecule has 0 saturated carbocycles. The maximum atomic E-state index is 16.2. The zero-order valence-electron chi connectivity index (χ0n) is 26.2. The lowest BCUT2D eigenvalue weighted by molar-refractivity contribution is -0.126. The lowest BCUT2D eigenvalue weighted by atomic mass is 10.0. The molecule has 1 aliphatic rings. The topological polar surface area (TPSA) is 125 Å². The van der Waals surface area contributed by atoms with Gasteiger partial charge in [0.2, 0.25) is 12.3 Å². The normalized spacial score (nSPS) is 14.9. The van der Waals surface area contributed by atoms with Crippen LogP contribution in [0.3, 0.4) is 0 Å². The van der Waals surface area contributed by atoms with E-state index in [-0.39, 0.29) is 52.5 Å². The van der Waals surface area contributed by atoms with Crippen molar-refractivity contribution in [2.24, 2.45) is 0 Å². The van der Waals surface area contributed by atoms with Gasteiger partial charge in [-0.05, 0) is 55.2 Å². The van der Waals surface area contributed by atoms with Crippen LogP contribution < -0.4 is 21.2 Å². The molecule has 2 N–H and O–H groups in total. The molecular weight excluding hydrogens is 594 g/mol. The summed E-state index contributed by atoms with van der Waals surface area (Å²) >= 11 is 0. The van der Waals surface area contributed by atoms with Gasteiger partial charge in [0, 0.05) is 51.2 Å². The number of anilines is 2. The van der Waals surface area contributed by atoms with Gasteiger partial charge in [0.05, 0.1) is 22.3 Å². The van der Waals surface area contributed by atoms with Crippen LogP contribution in [0.15, 0.2) is 54.0 Å². The summed E-state index contributed by atoms with van der Waals surface area (Å²) in [5.41, 5.74) is 0.994. The predicted molar refractivity (Wildman–Crippen MR) is 173 cm³/mol. The lowest BCUT2D eigenvalue weighted by Crippen LogP contribution is -2.54. The zero-order valence-corrected chi connectivity index (χ0v) is 26.2. The number of fused-ring (bicyclic) bond motifs is 1. The summed E-state index contributed by atoms with van der Waals surface area (Å²) in [6.07, 6.45) is 3.83. The minimum absolute atomic E-state index is 0.0630. The fourth-order valence-electron chi connectivity index (χ4n) is 5.94. The number of pyridine rings is 2. The molecule has 1 saturated heterocycles. The maximum absolute atomic E-state index is 16.2. The van der Waals surface area contributed by atoms with Crippen LogP contribution in [-0.4, -0.2) is 76.0 Å². The number of halogens is 2. The second-order valence-corrected chi connectivity index (χ2v) is 11.4. The predicted octanol–water partition coefficient (Wildman–Crippen LogP) is 3.80. The third-order valence-electron chi connectivity index (χ3n) is 8.14. The molecular formula is C33H36F2N8O3. The van der Waals surface area contributed by atoms with Crippen molar-refractivity contribution in [2.75, 3.05) is 43.4 Å². The smallest absolute Gasteiger partial charge is 0.355 e. The van der Waals surface area contributed by atoms with Crippen molar-refractivity contribution in [2.45, 2.75) is 39.2 Å². The number of hydrogen-bond acceptors (Lipinski definition) is 8. The lowest BCUT2D eigenvalue weighted by Gasteiger charge is -2.40. The largest absolute Gasteiger partial charge is 0.387 e. The van der Waals surface area contributed by atoms with E-state index in [9.17, 15) is 14.4 Å². The van der Waals surface area contributed by atoms with Crippen LogP contribution in [0.4, 0.5) is 20.3 Å². The van der Waals surface area contributed by atoms with Crippen molar-refractivity contribution in [1.82, 2.24) is 29.7 Å².